The van der Waals surface area contributed by atoms with E-state index in [1.54, 1.807) is 22.3 Å². The summed E-state index contributed by atoms with van der Waals surface area (Å²) in [6.45, 7) is 7.53. The van der Waals surface area contributed by atoms with E-state index in [4.69, 9.17) is 0 Å². The van der Waals surface area contributed by atoms with Crippen molar-refractivity contribution in [1.29, 1.82) is 0 Å². The van der Waals surface area contributed by atoms with Crippen LogP contribution >= 0.6 is 24.8 Å². The van der Waals surface area contributed by atoms with Gasteiger partial charge in [-0.15, -0.1) is 24.8 Å². The van der Waals surface area contributed by atoms with Crippen molar-refractivity contribution in [2.24, 2.45) is 10.8 Å². The van der Waals surface area contributed by atoms with E-state index < -0.39 is 17.4 Å². The molecule has 2 unspecified atom stereocenters. The van der Waals surface area contributed by atoms with E-state index in [1.165, 1.54) is 171 Å². The number of hydrogen-bond donors (Lipinski definition) is 0. The van der Waals surface area contributed by atoms with Crippen LogP contribution in [0.5, 0.6) is 0 Å². The van der Waals surface area contributed by atoms with Gasteiger partial charge in [0, 0.05) is 0 Å². The summed E-state index contributed by atoms with van der Waals surface area (Å²) in [5.41, 5.74) is 16.5. The van der Waals surface area contributed by atoms with Gasteiger partial charge in [-0.2, -0.15) is 0 Å². The number of rotatable bonds is 12. The molecule has 0 bridgehead atoms. The van der Waals surface area contributed by atoms with E-state index in [2.05, 4.69) is 163 Å². The summed E-state index contributed by atoms with van der Waals surface area (Å²) >= 11 is -4.10. The summed E-state index contributed by atoms with van der Waals surface area (Å²) in [6.07, 6.45) is 30.3. The Morgan fingerprint density at radius 1 is 0.455 bits per heavy atom. The average molecular weight is 1010 g/mol. The molecule has 4 aliphatic rings. The second-order valence-corrected chi connectivity index (χ2v) is 53.1. The first-order valence-electron chi connectivity index (χ1n) is 25.8. The first-order valence-corrected chi connectivity index (χ1v) is 39.5. The number of fused-ring (bicyclic) bond motifs is 4. The summed E-state index contributed by atoms with van der Waals surface area (Å²) in [5, 5.41) is 5.42. The Kier molecular flexibility index (Phi) is 15.1. The number of allylic oxidation sites excluding steroid dienone is 2. The molecule has 0 radical (unpaired) electrons. The monoisotopic (exact) mass is 1010 g/mol. The molecule has 0 saturated heterocycles. The van der Waals surface area contributed by atoms with Gasteiger partial charge < -0.3 is 0 Å². The Hall–Kier alpha value is -3.00. The van der Waals surface area contributed by atoms with Gasteiger partial charge in [0.15, 0.2) is 0 Å². The molecule has 0 spiro atoms. The third-order valence-electron chi connectivity index (χ3n) is 17.4. The molecule has 0 N–H and O–H groups in total. The first-order chi connectivity index (χ1) is 31.1. The van der Waals surface area contributed by atoms with Gasteiger partial charge in [-0.1, -0.05) is 0 Å². The van der Waals surface area contributed by atoms with Gasteiger partial charge in [-0.05, 0) is 0 Å². The van der Waals surface area contributed by atoms with Gasteiger partial charge in [0.2, 0.25) is 0 Å². The molecule has 4 aliphatic carbocycles. The topological polar surface area (TPSA) is 0 Å². The minimum absolute atomic E-state index is 0. The molecule has 10 rings (SSSR count). The minimum atomic E-state index is -4.10. The molecular formula is C62H76Cl2SiZr. The second kappa shape index (κ2) is 20.2. The zero-order valence-corrected chi connectivity index (χ0v) is 46.1. The maximum atomic E-state index is 2.95. The fraction of sp³-hybridized carbons (Fsp3) is 0.419. The van der Waals surface area contributed by atoms with E-state index in [0.717, 1.165) is 0 Å². The maximum absolute atomic E-state index is 4.10. The summed E-state index contributed by atoms with van der Waals surface area (Å²) in [6, 6.07) is 47.2. The number of hydrogen-bond acceptors (Lipinski definition) is 0. The van der Waals surface area contributed by atoms with Crippen molar-refractivity contribution in [3.05, 3.63) is 155 Å². The largest absolute Gasteiger partial charge is 0.147 e. The van der Waals surface area contributed by atoms with Crippen molar-refractivity contribution in [3.8, 4) is 22.3 Å². The summed E-state index contributed by atoms with van der Waals surface area (Å²) in [4.78, 5) is 0. The fourth-order valence-corrected chi connectivity index (χ4v) is 34.6. The maximum Gasteiger partial charge on any atom is -0.147 e. The van der Waals surface area contributed by atoms with Crippen molar-refractivity contribution >= 4 is 65.4 Å². The fourth-order valence-electron chi connectivity index (χ4n) is 14.9. The van der Waals surface area contributed by atoms with E-state index >= 15 is 0 Å². The molecule has 6 aromatic carbocycles. The Bertz CT molecular complexity index is 2630. The second-order valence-electron chi connectivity index (χ2n) is 22.6. The molecule has 4 heteroatoms. The minimum Gasteiger partial charge on any atom is -0.147 e. The van der Waals surface area contributed by atoms with Gasteiger partial charge >= 0.3 is 392 Å². The summed E-state index contributed by atoms with van der Waals surface area (Å²) in [5.74, 6) is 0. The summed E-state index contributed by atoms with van der Waals surface area (Å²) in [7, 11) is 0. The zero-order valence-electron chi connectivity index (χ0n) is 40.6. The van der Waals surface area contributed by atoms with Gasteiger partial charge in [0.05, 0.1) is 0 Å². The quantitative estimate of drug-likeness (QED) is 0.0847. The van der Waals surface area contributed by atoms with Gasteiger partial charge in [-0.25, -0.2) is 0 Å². The van der Waals surface area contributed by atoms with E-state index in [9.17, 15) is 0 Å². The number of benzene rings is 6. The van der Waals surface area contributed by atoms with Crippen LogP contribution in [0.2, 0.25) is 9.26 Å². The molecule has 0 aliphatic heterocycles. The summed E-state index contributed by atoms with van der Waals surface area (Å²) < 4.78 is 6.90. The van der Waals surface area contributed by atoms with Crippen LogP contribution < -0.4 is 0 Å². The molecule has 6 aromatic rings. The van der Waals surface area contributed by atoms with Crippen molar-refractivity contribution in [1.82, 2.24) is 0 Å². The SMILES string of the molecule is CCCC1(CC2=Cc3c(-c4cccc5ccccc45)cccc3[CH]2[Zr]([CH3])([CH3])(=[SiH2])[CH]2C(CC3(CCC)CCCCCC3)=Cc3c(-c4cccc5ccccc45)cccc32)CCCCCC1.Cl.Cl. The molecule has 2 fully saturated rings. The molecule has 0 heterocycles. The van der Waals surface area contributed by atoms with E-state index in [1.807, 2.05) is 0 Å². The third kappa shape index (κ3) is 9.14. The van der Waals surface area contributed by atoms with Crippen LogP contribution in [0, 0.1) is 10.8 Å². The Morgan fingerprint density at radius 2 is 0.803 bits per heavy atom. The zero-order chi connectivity index (χ0) is 44.0. The smallest absolute Gasteiger partial charge is 0.147 e. The molecular weight excluding hydrogens is 935 g/mol. The van der Waals surface area contributed by atoms with Crippen LogP contribution in [0.1, 0.15) is 159 Å². The van der Waals surface area contributed by atoms with Crippen molar-refractivity contribution in [2.75, 3.05) is 0 Å². The predicted octanol–water partition coefficient (Wildman–Crippen LogP) is 19.1. The molecule has 0 amide bonds. The van der Waals surface area contributed by atoms with Crippen LogP contribution in [0.15, 0.2) is 132 Å². The molecule has 2 atom stereocenters. The Labute approximate surface area is 413 Å². The first kappa shape index (κ1) is 49.4. The van der Waals surface area contributed by atoms with Gasteiger partial charge in [0.25, 0.3) is 0 Å². The third-order valence-corrected chi connectivity index (χ3v) is 34.9. The molecule has 2 saturated carbocycles. The van der Waals surface area contributed by atoms with Crippen LogP contribution in [0.4, 0.5) is 0 Å². The standard InChI is InChI=1S/2C30H33.2CH3.2ClH.H2Si.Zr/c2*1-2-17-30(18-7-3-4-8-19-30)22-23-20-25-13-10-16-28(29(25)21-23)27-15-9-12-24-11-5-6-14-26(24)27;;;;;;/h2*5-6,9-16,20-21H,2-4,7-8,17-19,22H2,1H3;2*1H3;2*1H;1H2;. The van der Waals surface area contributed by atoms with E-state index in [0.29, 0.717) is 18.1 Å². The molecule has 66 heavy (non-hydrogen) atoms. The van der Waals surface area contributed by atoms with Crippen molar-refractivity contribution in [3.63, 3.8) is 0 Å². The predicted molar refractivity (Wildman–Crippen MR) is 294 cm³/mol. The molecule has 0 nitrogen and oxygen atoms in total. The number of halogens is 2. The van der Waals surface area contributed by atoms with Gasteiger partial charge in [-0.3, -0.25) is 0 Å². The average Bonchev–Trinajstić information content (AvgIpc) is 3.67. The van der Waals surface area contributed by atoms with Crippen LogP contribution in [0.3, 0.4) is 0 Å². The Balaban J connectivity index is 0.00000296. The Morgan fingerprint density at radius 3 is 1.20 bits per heavy atom. The molecule has 346 valence electrons. The van der Waals surface area contributed by atoms with E-state index in [-0.39, 0.29) is 24.8 Å². The van der Waals surface area contributed by atoms with Crippen LogP contribution in [-0.4, -0.2) is 6.88 Å². The molecule has 0 aromatic heterocycles. The van der Waals surface area contributed by atoms with Crippen LogP contribution in [-0.2, 0) is 17.4 Å². The normalized spacial score (nSPS) is 20.3. The van der Waals surface area contributed by atoms with Gasteiger partial charge in [0.1, 0.15) is 0 Å². The van der Waals surface area contributed by atoms with Crippen molar-refractivity contribution < 1.29 is 17.4 Å². The van der Waals surface area contributed by atoms with Crippen LogP contribution in [0.25, 0.3) is 56.0 Å². The van der Waals surface area contributed by atoms with Crippen molar-refractivity contribution in [2.45, 2.75) is 146 Å².